The Labute approximate surface area is 158 Å². The number of hydrogen-bond acceptors (Lipinski definition) is 2. The Morgan fingerprint density at radius 3 is 2.81 bits per heavy atom. The van der Waals surface area contributed by atoms with Crippen molar-refractivity contribution in [3.63, 3.8) is 0 Å². The van der Waals surface area contributed by atoms with Crippen LogP contribution < -0.4 is 4.74 Å². The van der Waals surface area contributed by atoms with E-state index in [1.54, 1.807) is 18.2 Å². The van der Waals surface area contributed by atoms with Crippen LogP contribution in [0.1, 0.15) is 53.0 Å². The lowest BCUT2D eigenvalue weighted by Crippen LogP contribution is -2.28. The third-order valence-corrected chi connectivity index (χ3v) is 6.29. The Balaban J connectivity index is 1.38. The van der Waals surface area contributed by atoms with Crippen LogP contribution in [0.2, 0.25) is 0 Å². The molecule has 0 saturated heterocycles. The predicted octanol–water partition coefficient (Wildman–Crippen LogP) is 4.78. The molecular formula is C24H31NO. The molecule has 0 aromatic heterocycles. The van der Waals surface area contributed by atoms with Gasteiger partial charge in [-0.15, -0.1) is 0 Å². The smallest absolute Gasteiger partial charge is 0.122 e. The summed E-state index contributed by atoms with van der Waals surface area (Å²) in [5.41, 5.74) is 7.63. The molecule has 2 nitrogen and oxygen atoms in total. The topological polar surface area (TPSA) is 12.5 Å². The summed E-state index contributed by atoms with van der Waals surface area (Å²) < 4.78 is 5.59. The normalized spacial score (nSPS) is 18.7. The van der Waals surface area contributed by atoms with Crippen molar-refractivity contribution in [2.24, 2.45) is 0 Å². The van der Waals surface area contributed by atoms with Crippen LogP contribution in [0.4, 0.5) is 0 Å². The van der Waals surface area contributed by atoms with Gasteiger partial charge < -0.3 is 9.64 Å². The van der Waals surface area contributed by atoms with E-state index in [4.69, 9.17) is 4.74 Å². The quantitative estimate of drug-likeness (QED) is 0.744. The summed E-state index contributed by atoms with van der Waals surface area (Å²) in [5, 5.41) is 0. The van der Waals surface area contributed by atoms with Crippen LogP contribution in [-0.4, -0.2) is 32.1 Å². The van der Waals surface area contributed by atoms with Gasteiger partial charge >= 0.3 is 0 Å². The first-order valence-corrected chi connectivity index (χ1v) is 10.2. The number of benzene rings is 2. The second-order valence-corrected chi connectivity index (χ2v) is 8.09. The molecule has 0 fully saturated rings. The maximum absolute atomic E-state index is 5.59. The Morgan fingerprint density at radius 1 is 1.04 bits per heavy atom. The summed E-state index contributed by atoms with van der Waals surface area (Å²) in [6, 6.07) is 13.7. The molecule has 138 valence electrons. The third-order valence-electron chi connectivity index (χ3n) is 6.29. The minimum atomic E-state index is 0.638. The maximum Gasteiger partial charge on any atom is 0.122 e. The van der Waals surface area contributed by atoms with Crippen molar-refractivity contribution < 1.29 is 4.74 Å². The number of hydrogen-bond donors (Lipinski definition) is 0. The third kappa shape index (κ3) is 3.66. The molecule has 2 aromatic carbocycles. The maximum atomic E-state index is 5.59. The van der Waals surface area contributed by atoms with Gasteiger partial charge in [0, 0.05) is 13.1 Å². The fourth-order valence-corrected chi connectivity index (χ4v) is 4.86. The molecule has 26 heavy (non-hydrogen) atoms. The van der Waals surface area contributed by atoms with Gasteiger partial charge in [0.2, 0.25) is 0 Å². The zero-order valence-corrected chi connectivity index (χ0v) is 16.3. The van der Waals surface area contributed by atoms with E-state index >= 15 is 0 Å². The molecule has 2 aromatic rings. The number of rotatable bonds is 6. The molecule has 0 radical (unpaired) electrons. The van der Waals surface area contributed by atoms with Crippen LogP contribution in [0.25, 0.3) is 0 Å². The fraction of sp³-hybridized carbons (Fsp3) is 0.500. The predicted molar refractivity (Wildman–Crippen MR) is 108 cm³/mol. The molecule has 0 amide bonds. The van der Waals surface area contributed by atoms with E-state index in [1.165, 1.54) is 48.8 Å². The first kappa shape index (κ1) is 17.6. The van der Waals surface area contributed by atoms with E-state index in [-0.39, 0.29) is 0 Å². The highest BCUT2D eigenvalue weighted by Crippen LogP contribution is 2.36. The van der Waals surface area contributed by atoms with Crippen molar-refractivity contribution in [3.05, 3.63) is 64.2 Å². The van der Waals surface area contributed by atoms with Crippen molar-refractivity contribution in [1.82, 2.24) is 4.90 Å². The Bertz CT molecular complexity index is 767. The zero-order valence-electron chi connectivity index (χ0n) is 16.3. The van der Waals surface area contributed by atoms with Crippen molar-refractivity contribution in [2.45, 2.75) is 50.9 Å². The Morgan fingerprint density at radius 2 is 1.92 bits per heavy atom. The van der Waals surface area contributed by atoms with Gasteiger partial charge in [0.15, 0.2) is 0 Å². The molecule has 0 saturated carbocycles. The Kier molecular flexibility index (Phi) is 5.31. The van der Waals surface area contributed by atoms with Gasteiger partial charge in [-0.25, -0.2) is 0 Å². The largest absolute Gasteiger partial charge is 0.496 e. The molecule has 0 spiro atoms. The number of likely N-dealkylation sites (N-methyl/N-ethyl adjacent to an activating group) is 1. The molecule has 4 rings (SSSR count). The number of fused-ring (bicyclic) bond motifs is 2. The first-order chi connectivity index (χ1) is 12.7. The second kappa shape index (κ2) is 7.84. The van der Waals surface area contributed by atoms with Crippen molar-refractivity contribution in [3.8, 4) is 5.75 Å². The highest BCUT2D eigenvalue weighted by molar-refractivity contribution is 5.43. The zero-order chi connectivity index (χ0) is 17.9. The number of ether oxygens (including phenoxy) is 1. The van der Waals surface area contributed by atoms with Gasteiger partial charge in [-0.2, -0.15) is 0 Å². The van der Waals surface area contributed by atoms with Gasteiger partial charge in [-0.05, 0) is 91.8 Å². The molecule has 1 atom stereocenters. The summed E-state index contributed by atoms with van der Waals surface area (Å²) in [7, 11) is 4.07. The molecular weight excluding hydrogens is 318 g/mol. The molecule has 2 aliphatic rings. The van der Waals surface area contributed by atoms with Crippen molar-refractivity contribution >= 4 is 0 Å². The van der Waals surface area contributed by atoms with Gasteiger partial charge in [-0.1, -0.05) is 30.3 Å². The number of methoxy groups -OCH3 is 1. The number of nitrogens with zero attached hydrogens (tertiary/aromatic N) is 1. The van der Waals surface area contributed by atoms with Crippen LogP contribution in [0.15, 0.2) is 36.4 Å². The summed E-state index contributed by atoms with van der Waals surface area (Å²) in [4.78, 5) is 2.52. The first-order valence-electron chi connectivity index (χ1n) is 10.2. The minimum absolute atomic E-state index is 0.638. The second-order valence-electron chi connectivity index (χ2n) is 8.09. The summed E-state index contributed by atoms with van der Waals surface area (Å²) in [5.74, 6) is 1.71. The highest BCUT2D eigenvalue weighted by atomic mass is 16.5. The van der Waals surface area contributed by atoms with Crippen LogP contribution in [0.5, 0.6) is 5.75 Å². The summed E-state index contributed by atoms with van der Waals surface area (Å²) >= 11 is 0. The lowest BCUT2D eigenvalue weighted by molar-refractivity contribution is 0.299. The fourth-order valence-electron chi connectivity index (χ4n) is 4.86. The van der Waals surface area contributed by atoms with Gasteiger partial charge in [0.25, 0.3) is 0 Å². The summed E-state index contributed by atoms with van der Waals surface area (Å²) in [6.07, 6.45) is 8.78. The average Bonchev–Trinajstić information content (AvgIpc) is 3.14. The number of aryl methyl sites for hydroxylation is 2. The molecule has 0 aliphatic heterocycles. The van der Waals surface area contributed by atoms with Crippen LogP contribution in [0.3, 0.4) is 0 Å². The SMILES string of the molecule is COc1cccc2c1CCC[C@H]2CN(C)CCc1ccc2c(c1)CCC2. The van der Waals surface area contributed by atoms with E-state index in [0.717, 1.165) is 31.7 Å². The standard InChI is InChI=1S/C24H31NO/c1-25(15-14-18-12-13-19-6-3-7-20(19)16-18)17-21-8-4-10-23-22(21)9-5-11-24(23)26-2/h5,9,11-13,16,21H,3-4,6-8,10,14-15,17H2,1-2H3/t21-/m0/s1. The van der Waals surface area contributed by atoms with Crippen molar-refractivity contribution in [1.29, 1.82) is 0 Å². The monoisotopic (exact) mass is 349 g/mol. The molecule has 0 heterocycles. The Hall–Kier alpha value is -1.80. The molecule has 2 heteroatoms. The minimum Gasteiger partial charge on any atom is -0.496 e. The highest BCUT2D eigenvalue weighted by Gasteiger charge is 2.23. The molecule has 0 N–H and O–H groups in total. The van der Waals surface area contributed by atoms with Crippen LogP contribution >= 0.6 is 0 Å². The lowest BCUT2D eigenvalue weighted by atomic mass is 9.82. The van der Waals surface area contributed by atoms with E-state index in [9.17, 15) is 0 Å². The van der Waals surface area contributed by atoms with Crippen molar-refractivity contribution in [2.75, 3.05) is 27.2 Å². The van der Waals surface area contributed by atoms with E-state index in [1.807, 2.05) is 0 Å². The van der Waals surface area contributed by atoms with E-state index in [0.29, 0.717) is 5.92 Å². The lowest BCUT2D eigenvalue weighted by Gasteiger charge is -2.30. The molecule has 2 aliphatic carbocycles. The van der Waals surface area contributed by atoms with Gasteiger partial charge in [0.1, 0.15) is 5.75 Å². The molecule has 0 unspecified atom stereocenters. The van der Waals surface area contributed by atoms with Crippen LogP contribution in [0, 0.1) is 0 Å². The summed E-state index contributed by atoms with van der Waals surface area (Å²) in [6.45, 7) is 2.28. The average molecular weight is 350 g/mol. The van der Waals surface area contributed by atoms with E-state index in [2.05, 4.69) is 48.3 Å². The molecule has 0 bridgehead atoms. The van der Waals surface area contributed by atoms with Gasteiger partial charge in [-0.3, -0.25) is 0 Å². The van der Waals surface area contributed by atoms with E-state index < -0.39 is 0 Å². The van der Waals surface area contributed by atoms with Gasteiger partial charge in [0.05, 0.1) is 7.11 Å². The van der Waals surface area contributed by atoms with Crippen LogP contribution in [-0.2, 0) is 25.7 Å².